The Morgan fingerprint density at radius 3 is 2.59 bits per heavy atom. The molecule has 3 aromatic rings. The summed E-state index contributed by atoms with van der Waals surface area (Å²) < 4.78 is 21.3. The van der Waals surface area contributed by atoms with Gasteiger partial charge in [0, 0.05) is 18.7 Å². The van der Waals surface area contributed by atoms with Crippen molar-refractivity contribution in [1.29, 1.82) is 0 Å². The van der Waals surface area contributed by atoms with Crippen molar-refractivity contribution in [2.45, 2.75) is 12.5 Å². The summed E-state index contributed by atoms with van der Waals surface area (Å²) in [5.74, 6) is 2.83. The summed E-state index contributed by atoms with van der Waals surface area (Å²) in [5.41, 5.74) is 0.547. The second-order valence-corrected chi connectivity index (χ2v) is 6.62. The Morgan fingerprint density at radius 2 is 1.86 bits per heavy atom. The first-order chi connectivity index (χ1) is 14.2. The van der Waals surface area contributed by atoms with Gasteiger partial charge in [0.2, 0.25) is 0 Å². The van der Waals surface area contributed by atoms with Crippen LogP contribution < -0.4 is 14.2 Å². The minimum atomic E-state index is -0.0710. The van der Waals surface area contributed by atoms with Crippen LogP contribution in [0.2, 0.25) is 0 Å². The molecule has 1 fully saturated rings. The summed E-state index contributed by atoms with van der Waals surface area (Å²) in [7, 11) is 3.10. The Kier molecular flexibility index (Phi) is 5.33. The van der Waals surface area contributed by atoms with Crippen molar-refractivity contribution >= 4 is 5.91 Å². The highest BCUT2D eigenvalue weighted by Gasteiger charge is 2.35. The van der Waals surface area contributed by atoms with E-state index in [1.54, 1.807) is 37.3 Å². The highest BCUT2D eigenvalue weighted by atomic mass is 16.5. The van der Waals surface area contributed by atoms with Crippen LogP contribution in [-0.2, 0) is 6.61 Å². The molecule has 0 radical (unpaired) electrons. The zero-order valence-electron chi connectivity index (χ0n) is 16.2. The van der Waals surface area contributed by atoms with Gasteiger partial charge in [-0.25, -0.2) is 0 Å². The Morgan fingerprint density at radius 1 is 1.10 bits per heavy atom. The number of ether oxygens (including phenoxy) is 3. The van der Waals surface area contributed by atoms with E-state index in [0.29, 0.717) is 41.9 Å². The molecule has 8 nitrogen and oxygen atoms in total. The van der Waals surface area contributed by atoms with E-state index in [0.717, 1.165) is 5.75 Å². The number of amides is 1. The van der Waals surface area contributed by atoms with Gasteiger partial charge in [0.05, 0.1) is 20.1 Å². The lowest BCUT2D eigenvalue weighted by Crippen LogP contribution is -2.48. The number of hydrogen-bond acceptors (Lipinski definition) is 7. The first kappa shape index (κ1) is 18.8. The summed E-state index contributed by atoms with van der Waals surface area (Å²) in [6.45, 7) is 1.27. The molecule has 150 valence electrons. The number of hydrogen-bond donors (Lipinski definition) is 0. The van der Waals surface area contributed by atoms with Crippen molar-refractivity contribution in [3.8, 4) is 17.2 Å². The summed E-state index contributed by atoms with van der Waals surface area (Å²) in [4.78, 5) is 18.8. The molecule has 1 aliphatic heterocycles. The number of carbonyl (C=O) groups excluding carboxylic acids is 1. The van der Waals surface area contributed by atoms with Crippen LogP contribution in [0.15, 0.2) is 53.1 Å². The third kappa shape index (κ3) is 4.01. The van der Waals surface area contributed by atoms with Gasteiger partial charge in [-0.2, -0.15) is 4.98 Å². The predicted octanol–water partition coefficient (Wildman–Crippen LogP) is 2.91. The van der Waals surface area contributed by atoms with Crippen LogP contribution in [0.1, 0.15) is 28.0 Å². The van der Waals surface area contributed by atoms with Gasteiger partial charge in [0.15, 0.2) is 23.9 Å². The molecular weight excluding hydrogens is 374 g/mol. The zero-order chi connectivity index (χ0) is 20.2. The highest BCUT2D eigenvalue weighted by Crippen LogP contribution is 2.31. The standard InChI is InChI=1S/C21H21N3O5/c1-26-17-9-8-14(10-18(17)27-2)21(25)24-11-15(12-24)20-22-19(29-23-20)13-28-16-6-4-3-5-7-16/h3-10,15H,11-13H2,1-2H3. The van der Waals surface area contributed by atoms with E-state index in [-0.39, 0.29) is 18.4 Å². The second-order valence-electron chi connectivity index (χ2n) is 6.62. The third-order valence-corrected chi connectivity index (χ3v) is 4.75. The van der Waals surface area contributed by atoms with Crippen molar-refractivity contribution in [1.82, 2.24) is 15.0 Å². The fraction of sp³-hybridized carbons (Fsp3) is 0.286. The quantitative estimate of drug-likeness (QED) is 0.608. The van der Waals surface area contributed by atoms with Gasteiger partial charge in [-0.15, -0.1) is 0 Å². The van der Waals surface area contributed by atoms with Gasteiger partial charge in [-0.1, -0.05) is 23.4 Å². The molecule has 1 amide bonds. The minimum Gasteiger partial charge on any atom is -0.493 e. The Bertz CT molecular complexity index is 983. The Labute approximate surface area is 168 Å². The van der Waals surface area contributed by atoms with Gasteiger partial charge < -0.3 is 23.6 Å². The zero-order valence-corrected chi connectivity index (χ0v) is 16.2. The maximum absolute atomic E-state index is 12.7. The van der Waals surface area contributed by atoms with Gasteiger partial charge in [0.1, 0.15) is 5.75 Å². The molecule has 2 aromatic carbocycles. The molecule has 0 aliphatic carbocycles. The Balaban J connectivity index is 1.33. The maximum atomic E-state index is 12.7. The molecular formula is C21H21N3O5. The van der Waals surface area contributed by atoms with Crippen molar-refractivity contribution < 1.29 is 23.5 Å². The van der Waals surface area contributed by atoms with Crippen LogP contribution in [0.4, 0.5) is 0 Å². The van der Waals surface area contributed by atoms with E-state index in [1.807, 2.05) is 30.3 Å². The fourth-order valence-corrected chi connectivity index (χ4v) is 3.11. The number of benzene rings is 2. The van der Waals surface area contributed by atoms with Crippen molar-refractivity contribution in [2.24, 2.45) is 0 Å². The van der Waals surface area contributed by atoms with E-state index >= 15 is 0 Å². The summed E-state index contributed by atoms with van der Waals surface area (Å²) in [6.07, 6.45) is 0. The van der Waals surface area contributed by atoms with Gasteiger partial charge in [-0.05, 0) is 30.3 Å². The van der Waals surface area contributed by atoms with E-state index in [2.05, 4.69) is 10.1 Å². The second kappa shape index (κ2) is 8.22. The molecule has 8 heteroatoms. The summed E-state index contributed by atoms with van der Waals surface area (Å²) >= 11 is 0. The minimum absolute atomic E-state index is 0.0494. The monoisotopic (exact) mass is 395 g/mol. The fourth-order valence-electron chi connectivity index (χ4n) is 3.11. The lowest BCUT2D eigenvalue weighted by molar-refractivity contribution is 0.0592. The number of para-hydroxylation sites is 1. The number of carbonyl (C=O) groups is 1. The number of aromatic nitrogens is 2. The molecule has 0 bridgehead atoms. The smallest absolute Gasteiger partial charge is 0.264 e. The van der Waals surface area contributed by atoms with E-state index in [4.69, 9.17) is 18.7 Å². The first-order valence-electron chi connectivity index (χ1n) is 9.19. The molecule has 1 saturated heterocycles. The molecule has 1 aliphatic rings. The highest BCUT2D eigenvalue weighted by molar-refractivity contribution is 5.95. The number of methoxy groups -OCH3 is 2. The lowest BCUT2D eigenvalue weighted by Gasteiger charge is -2.37. The van der Waals surface area contributed by atoms with Gasteiger partial charge >= 0.3 is 0 Å². The lowest BCUT2D eigenvalue weighted by atomic mass is 9.98. The number of rotatable bonds is 7. The first-order valence-corrected chi connectivity index (χ1v) is 9.19. The largest absolute Gasteiger partial charge is 0.493 e. The molecule has 4 rings (SSSR count). The average Bonchev–Trinajstić information content (AvgIpc) is 3.19. The molecule has 1 aromatic heterocycles. The molecule has 0 unspecified atom stereocenters. The van der Waals surface area contributed by atoms with Gasteiger partial charge in [-0.3, -0.25) is 4.79 Å². The van der Waals surface area contributed by atoms with Crippen LogP contribution in [0.5, 0.6) is 17.2 Å². The van der Waals surface area contributed by atoms with E-state index in [1.165, 1.54) is 0 Å². The van der Waals surface area contributed by atoms with Crippen LogP contribution in [0, 0.1) is 0 Å². The molecule has 0 atom stereocenters. The van der Waals surface area contributed by atoms with Crippen LogP contribution >= 0.6 is 0 Å². The van der Waals surface area contributed by atoms with Crippen molar-refractivity contribution in [2.75, 3.05) is 27.3 Å². The predicted molar refractivity (Wildman–Crippen MR) is 103 cm³/mol. The molecule has 2 heterocycles. The topological polar surface area (TPSA) is 86.9 Å². The van der Waals surface area contributed by atoms with Crippen molar-refractivity contribution in [3.63, 3.8) is 0 Å². The summed E-state index contributed by atoms with van der Waals surface area (Å²) in [5, 5.41) is 4.03. The molecule has 0 saturated carbocycles. The normalized spacial score (nSPS) is 13.7. The average molecular weight is 395 g/mol. The maximum Gasteiger partial charge on any atom is 0.264 e. The number of likely N-dealkylation sites (tertiary alicyclic amines) is 1. The molecule has 29 heavy (non-hydrogen) atoms. The Hall–Kier alpha value is -3.55. The SMILES string of the molecule is COc1ccc(C(=O)N2CC(c3noc(COc4ccccc4)n3)C2)cc1OC. The summed E-state index contributed by atoms with van der Waals surface area (Å²) in [6, 6.07) is 14.6. The molecule has 0 N–H and O–H groups in total. The van der Waals surface area contributed by atoms with E-state index in [9.17, 15) is 4.79 Å². The van der Waals surface area contributed by atoms with Crippen LogP contribution in [0.25, 0.3) is 0 Å². The third-order valence-electron chi connectivity index (χ3n) is 4.75. The number of nitrogens with zero attached hydrogens (tertiary/aromatic N) is 3. The van der Waals surface area contributed by atoms with Crippen LogP contribution in [0.3, 0.4) is 0 Å². The molecule has 0 spiro atoms. The van der Waals surface area contributed by atoms with Crippen molar-refractivity contribution in [3.05, 3.63) is 65.8 Å². The van der Waals surface area contributed by atoms with E-state index < -0.39 is 0 Å². The van der Waals surface area contributed by atoms with Gasteiger partial charge in [0.25, 0.3) is 11.8 Å². The van der Waals surface area contributed by atoms with Crippen LogP contribution in [-0.4, -0.2) is 48.3 Å².